The molecule has 1 aliphatic heterocycles. The van der Waals surface area contributed by atoms with Crippen LogP contribution in [0.1, 0.15) is 65.2 Å². The Morgan fingerprint density at radius 3 is 2.10 bits per heavy atom. The Kier molecular flexibility index (Phi) is 10.9. The molecule has 6 nitrogen and oxygen atoms in total. The maximum atomic E-state index is 12.9. The van der Waals surface area contributed by atoms with Gasteiger partial charge in [0.15, 0.2) is 5.79 Å². The number of benzene rings is 1. The summed E-state index contributed by atoms with van der Waals surface area (Å²) < 4.78 is 40.7. The summed E-state index contributed by atoms with van der Waals surface area (Å²) in [6.07, 6.45) is 8.41. The van der Waals surface area contributed by atoms with E-state index >= 15 is 0 Å². The predicted octanol–water partition coefficient (Wildman–Crippen LogP) is 4.61. The van der Waals surface area contributed by atoms with E-state index in [0.29, 0.717) is 19.6 Å². The Morgan fingerprint density at radius 2 is 1.55 bits per heavy atom. The molecule has 1 fully saturated rings. The number of hydrogen-bond donors (Lipinski definition) is 2. The fraction of sp³-hybridized carbons (Fsp3) is 0.739. The third kappa shape index (κ3) is 8.41. The van der Waals surface area contributed by atoms with Crippen LogP contribution >= 0.6 is 15.9 Å². The van der Waals surface area contributed by atoms with Gasteiger partial charge in [-0.15, -0.1) is 0 Å². The molecule has 2 N–H and O–H groups in total. The molecule has 1 aromatic rings. The lowest BCUT2D eigenvalue weighted by molar-refractivity contribution is -0.315. The average Bonchev–Trinajstić information content (AvgIpc) is 2.76. The molecule has 1 aliphatic rings. The number of hydrogen-bond acceptors (Lipinski definition) is 5. The summed E-state index contributed by atoms with van der Waals surface area (Å²) in [5.74, 6) is -1.16. The van der Waals surface area contributed by atoms with Gasteiger partial charge < -0.3 is 14.6 Å². The minimum absolute atomic E-state index is 0.156. The van der Waals surface area contributed by atoms with Crippen molar-refractivity contribution < 1.29 is 23.0 Å². The van der Waals surface area contributed by atoms with E-state index in [1.807, 2.05) is 13.8 Å². The standard InChI is InChI=1S/C23H38BrNO5S/c1-22(2)18-29-23(30-19-22,15-11-6-4-3-5-7-12-16-24)21(17-26)25-31(27,28)20-13-9-8-10-14-20/h8-10,13-14,21,25-26H,3-7,11-12,15-19H2,1-2H3. The van der Waals surface area contributed by atoms with Gasteiger partial charge in [0.25, 0.3) is 0 Å². The number of sulfonamides is 1. The zero-order chi connectivity index (χ0) is 22.8. The van der Waals surface area contributed by atoms with E-state index in [-0.39, 0.29) is 10.3 Å². The first kappa shape index (κ1) is 26.7. The normalized spacial score (nSPS) is 19.2. The minimum atomic E-state index is -3.81. The Morgan fingerprint density at radius 1 is 1.00 bits per heavy atom. The van der Waals surface area contributed by atoms with Gasteiger partial charge >= 0.3 is 0 Å². The van der Waals surface area contributed by atoms with Gasteiger partial charge in [-0.25, -0.2) is 13.1 Å². The molecule has 0 radical (unpaired) electrons. The molecule has 0 saturated carbocycles. The Bertz CT molecular complexity index is 732. The van der Waals surface area contributed by atoms with Crippen molar-refractivity contribution in [1.82, 2.24) is 4.72 Å². The van der Waals surface area contributed by atoms with Gasteiger partial charge in [0.1, 0.15) is 0 Å². The quantitative estimate of drug-likeness (QED) is 0.277. The highest BCUT2D eigenvalue weighted by molar-refractivity contribution is 9.09. The zero-order valence-corrected chi connectivity index (χ0v) is 21.2. The van der Waals surface area contributed by atoms with Gasteiger partial charge in [-0.05, 0) is 25.0 Å². The van der Waals surface area contributed by atoms with Crippen LogP contribution in [0.25, 0.3) is 0 Å². The van der Waals surface area contributed by atoms with Crippen molar-refractivity contribution in [2.24, 2.45) is 5.41 Å². The van der Waals surface area contributed by atoms with Crippen molar-refractivity contribution in [2.75, 3.05) is 25.2 Å². The first-order chi connectivity index (χ1) is 14.7. The van der Waals surface area contributed by atoms with Crippen molar-refractivity contribution in [2.45, 2.75) is 81.9 Å². The molecule has 0 aromatic heterocycles. The van der Waals surface area contributed by atoms with Crippen LogP contribution in [-0.4, -0.2) is 50.5 Å². The van der Waals surface area contributed by atoms with Gasteiger partial charge in [-0.3, -0.25) is 0 Å². The lowest BCUT2D eigenvalue weighted by atomic mass is 9.91. The molecule has 2 rings (SSSR count). The fourth-order valence-corrected chi connectivity index (χ4v) is 5.39. The van der Waals surface area contributed by atoms with E-state index in [4.69, 9.17) is 9.47 Å². The van der Waals surface area contributed by atoms with E-state index in [1.54, 1.807) is 18.2 Å². The molecule has 1 saturated heterocycles. The van der Waals surface area contributed by atoms with Crippen LogP contribution in [0.4, 0.5) is 0 Å². The third-order valence-corrected chi connectivity index (χ3v) is 7.69. The van der Waals surface area contributed by atoms with Crippen molar-refractivity contribution >= 4 is 26.0 Å². The van der Waals surface area contributed by atoms with Crippen LogP contribution < -0.4 is 4.72 Å². The molecule has 1 unspecified atom stereocenters. The molecule has 0 aliphatic carbocycles. The number of halogens is 1. The highest BCUT2D eigenvalue weighted by Crippen LogP contribution is 2.36. The Labute approximate surface area is 196 Å². The number of aliphatic hydroxyl groups is 1. The first-order valence-corrected chi connectivity index (χ1v) is 13.9. The van der Waals surface area contributed by atoms with Crippen molar-refractivity contribution in [3.8, 4) is 0 Å². The Hall–Kier alpha value is -0.510. The second kappa shape index (κ2) is 12.7. The van der Waals surface area contributed by atoms with E-state index in [0.717, 1.165) is 24.6 Å². The van der Waals surface area contributed by atoms with Crippen molar-refractivity contribution in [1.29, 1.82) is 0 Å². The van der Waals surface area contributed by atoms with E-state index in [1.165, 1.54) is 37.8 Å². The van der Waals surface area contributed by atoms with Gasteiger partial charge in [0.2, 0.25) is 10.0 Å². The molecule has 31 heavy (non-hydrogen) atoms. The summed E-state index contributed by atoms with van der Waals surface area (Å²) in [7, 11) is -3.81. The monoisotopic (exact) mass is 519 g/mol. The minimum Gasteiger partial charge on any atom is -0.394 e. The van der Waals surface area contributed by atoms with E-state index in [2.05, 4.69) is 20.7 Å². The lowest BCUT2D eigenvalue weighted by Crippen LogP contribution is -2.61. The molecule has 1 heterocycles. The average molecular weight is 521 g/mol. The molecular formula is C23H38BrNO5S. The molecule has 0 amide bonds. The topological polar surface area (TPSA) is 84.9 Å². The summed E-state index contributed by atoms with van der Waals surface area (Å²) in [6.45, 7) is 4.59. The second-order valence-electron chi connectivity index (χ2n) is 9.14. The zero-order valence-electron chi connectivity index (χ0n) is 18.8. The highest BCUT2D eigenvalue weighted by Gasteiger charge is 2.47. The van der Waals surface area contributed by atoms with Gasteiger partial charge in [0.05, 0.1) is 30.8 Å². The summed E-state index contributed by atoms with van der Waals surface area (Å²) in [5, 5.41) is 11.2. The highest BCUT2D eigenvalue weighted by atomic mass is 79.9. The summed E-state index contributed by atoms with van der Waals surface area (Å²) in [5.41, 5.74) is -0.156. The molecule has 8 heteroatoms. The van der Waals surface area contributed by atoms with Crippen LogP contribution in [0.5, 0.6) is 0 Å². The first-order valence-electron chi connectivity index (χ1n) is 11.3. The summed E-state index contributed by atoms with van der Waals surface area (Å²) in [6, 6.07) is 7.29. The number of ether oxygens (including phenoxy) is 2. The molecule has 0 bridgehead atoms. The molecule has 1 aromatic carbocycles. The van der Waals surface area contributed by atoms with E-state index < -0.39 is 28.5 Å². The lowest BCUT2D eigenvalue weighted by Gasteiger charge is -2.47. The number of nitrogens with one attached hydrogen (secondary N) is 1. The van der Waals surface area contributed by atoms with Crippen LogP contribution in [0.15, 0.2) is 35.2 Å². The van der Waals surface area contributed by atoms with E-state index in [9.17, 15) is 13.5 Å². The number of alkyl halides is 1. The maximum absolute atomic E-state index is 12.9. The smallest absolute Gasteiger partial charge is 0.241 e. The maximum Gasteiger partial charge on any atom is 0.241 e. The van der Waals surface area contributed by atoms with Crippen LogP contribution in [0.2, 0.25) is 0 Å². The number of rotatable bonds is 14. The predicted molar refractivity (Wildman–Crippen MR) is 127 cm³/mol. The second-order valence-corrected chi connectivity index (χ2v) is 11.6. The third-order valence-electron chi connectivity index (χ3n) is 5.64. The van der Waals surface area contributed by atoms with Crippen LogP contribution in [0.3, 0.4) is 0 Å². The molecule has 178 valence electrons. The molecular weight excluding hydrogens is 482 g/mol. The van der Waals surface area contributed by atoms with Crippen molar-refractivity contribution in [3.05, 3.63) is 30.3 Å². The summed E-state index contributed by atoms with van der Waals surface area (Å²) in [4.78, 5) is 0.156. The SMILES string of the molecule is CC1(C)COC(CCCCCCCCCBr)(C(CO)NS(=O)(=O)c2ccccc2)OC1. The molecule has 1 atom stereocenters. The van der Waals surface area contributed by atoms with Gasteiger partial charge in [-0.1, -0.05) is 80.1 Å². The largest absolute Gasteiger partial charge is 0.394 e. The fourth-order valence-electron chi connectivity index (χ4n) is 3.71. The number of aliphatic hydroxyl groups excluding tert-OH is 1. The van der Waals surface area contributed by atoms with Gasteiger partial charge in [-0.2, -0.15) is 0 Å². The Balaban J connectivity index is 2.03. The summed E-state index contributed by atoms with van der Waals surface area (Å²) >= 11 is 3.46. The number of unbranched alkanes of at least 4 members (excludes halogenated alkanes) is 6. The van der Waals surface area contributed by atoms with Gasteiger partial charge in [0, 0.05) is 17.2 Å². The van der Waals surface area contributed by atoms with Crippen molar-refractivity contribution in [3.63, 3.8) is 0 Å². The van der Waals surface area contributed by atoms with Crippen LogP contribution in [0, 0.1) is 5.41 Å². The van der Waals surface area contributed by atoms with Crippen LogP contribution in [-0.2, 0) is 19.5 Å². The molecule has 0 spiro atoms.